The first-order valence-electron chi connectivity index (χ1n) is 5.62. The molecule has 100 valence electrons. The Morgan fingerprint density at radius 2 is 2.17 bits per heavy atom. The number of halogens is 1. The van der Waals surface area contributed by atoms with Crippen molar-refractivity contribution in [3.63, 3.8) is 0 Å². The maximum atomic E-state index is 11.3. The van der Waals surface area contributed by atoms with E-state index in [0.717, 1.165) is 10.0 Å². The van der Waals surface area contributed by atoms with Crippen molar-refractivity contribution < 1.29 is 14.6 Å². The van der Waals surface area contributed by atoms with E-state index >= 15 is 0 Å². The molecule has 0 aliphatic heterocycles. The molecule has 0 saturated carbocycles. The van der Waals surface area contributed by atoms with Gasteiger partial charge in [0.2, 0.25) is 0 Å². The van der Waals surface area contributed by atoms with Crippen LogP contribution in [0, 0.1) is 0 Å². The van der Waals surface area contributed by atoms with Crippen molar-refractivity contribution in [2.75, 3.05) is 13.7 Å². The highest BCUT2D eigenvalue weighted by Crippen LogP contribution is 2.20. The van der Waals surface area contributed by atoms with Gasteiger partial charge in [0.05, 0.1) is 19.3 Å². The number of carbonyl (C=O) groups excluding carboxylic acids is 1. The van der Waals surface area contributed by atoms with Crippen LogP contribution in [0.25, 0.3) is 0 Å². The Morgan fingerprint density at radius 3 is 2.67 bits per heavy atom. The summed E-state index contributed by atoms with van der Waals surface area (Å²) >= 11 is 3.42. The molecule has 0 fully saturated rings. The zero-order chi connectivity index (χ0) is 13.8. The fourth-order valence-electron chi connectivity index (χ4n) is 1.33. The van der Waals surface area contributed by atoms with Gasteiger partial charge in [0, 0.05) is 16.6 Å². The van der Waals surface area contributed by atoms with Crippen molar-refractivity contribution >= 4 is 21.9 Å². The van der Waals surface area contributed by atoms with E-state index in [1.165, 1.54) is 7.11 Å². The fraction of sp³-hybridized carbons (Fsp3) is 0.462. The van der Waals surface area contributed by atoms with Gasteiger partial charge in [-0.25, -0.2) is 4.79 Å². The van der Waals surface area contributed by atoms with Gasteiger partial charge in [0.15, 0.2) is 0 Å². The molecule has 0 aliphatic rings. The van der Waals surface area contributed by atoms with Crippen LogP contribution in [-0.2, 0) is 11.3 Å². The minimum Gasteiger partial charge on any atom is -0.465 e. The molecule has 5 heteroatoms. The number of methoxy groups -OCH3 is 1. The number of nitrogens with one attached hydrogen (secondary N) is 1. The van der Waals surface area contributed by atoms with Crippen molar-refractivity contribution in [3.05, 3.63) is 33.8 Å². The molecule has 1 rings (SSSR count). The second kappa shape index (κ2) is 6.31. The van der Waals surface area contributed by atoms with Crippen LogP contribution in [0.1, 0.15) is 29.8 Å². The third-order valence-corrected chi connectivity index (χ3v) is 3.37. The van der Waals surface area contributed by atoms with Crippen LogP contribution >= 0.6 is 15.9 Å². The first kappa shape index (κ1) is 15.1. The monoisotopic (exact) mass is 315 g/mol. The molecule has 0 atom stereocenters. The highest BCUT2D eigenvalue weighted by Gasteiger charge is 2.16. The lowest BCUT2D eigenvalue weighted by atomic mass is 10.1. The van der Waals surface area contributed by atoms with E-state index in [1.807, 2.05) is 19.9 Å². The first-order valence-corrected chi connectivity index (χ1v) is 6.41. The smallest absolute Gasteiger partial charge is 0.337 e. The third kappa shape index (κ3) is 4.08. The number of benzene rings is 1. The third-order valence-electron chi connectivity index (χ3n) is 2.63. The zero-order valence-electron chi connectivity index (χ0n) is 10.8. The van der Waals surface area contributed by atoms with E-state index in [2.05, 4.69) is 26.0 Å². The minimum atomic E-state index is -0.356. The predicted molar refractivity (Wildman–Crippen MR) is 73.5 cm³/mol. The Bertz CT molecular complexity index is 432. The molecule has 0 radical (unpaired) electrons. The summed E-state index contributed by atoms with van der Waals surface area (Å²) in [7, 11) is 1.36. The summed E-state index contributed by atoms with van der Waals surface area (Å²) in [6, 6.07) is 5.31. The summed E-state index contributed by atoms with van der Waals surface area (Å²) < 4.78 is 5.49. The van der Waals surface area contributed by atoms with Gasteiger partial charge in [0.1, 0.15) is 0 Å². The minimum absolute atomic E-state index is 0.0604. The molecule has 0 spiro atoms. The molecule has 0 saturated heterocycles. The van der Waals surface area contributed by atoms with Gasteiger partial charge in [0.25, 0.3) is 0 Å². The van der Waals surface area contributed by atoms with E-state index in [1.54, 1.807) is 12.1 Å². The number of ether oxygens (including phenoxy) is 1. The molecule has 2 N–H and O–H groups in total. The average Bonchev–Trinajstić information content (AvgIpc) is 2.36. The standard InChI is InChI=1S/C13H18BrNO3/c1-13(2,8-16)15-7-10-5-4-9(6-11(10)14)12(17)18-3/h4-6,15-16H,7-8H2,1-3H3. The van der Waals surface area contributed by atoms with Crippen molar-refractivity contribution in [1.82, 2.24) is 5.32 Å². The van der Waals surface area contributed by atoms with Gasteiger partial charge in [-0.2, -0.15) is 0 Å². The Kier molecular flexibility index (Phi) is 5.31. The largest absolute Gasteiger partial charge is 0.465 e. The number of esters is 1. The maximum absolute atomic E-state index is 11.3. The summed E-state index contributed by atoms with van der Waals surface area (Å²) in [5.74, 6) is -0.356. The highest BCUT2D eigenvalue weighted by molar-refractivity contribution is 9.10. The van der Waals surface area contributed by atoms with E-state index < -0.39 is 0 Å². The normalized spacial score (nSPS) is 11.4. The predicted octanol–water partition coefficient (Wildman–Crippen LogP) is 2.10. The second-order valence-corrected chi connectivity index (χ2v) is 5.55. The molecule has 18 heavy (non-hydrogen) atoms. The van der Waals surface area contributed by atoms with Gasteiger partial charge in [-0.05, 0) is 31.5 Å². The maximum Gasteiger partial charge on any atom is 0.337 e. The lowest BCUT2D eigenvalue weighted by molar-refractivity contribution is 0.0600. The quantitative estimate of drug-likeness (QED) is 0.817. The van der Waals surface area contributed by atoms with Crippen LogP contribution in [0.4, 0.5) is 0 Å². The second-order valence-electron chi connectivity index (χ2n) is 4.69. The highest BCUT2D eigenvalue weighted by atomic mass is 79.9. The van der Waals surface area contributed by atoms with Crippen LogP contribution in [0.5, 0.6) is 0 Å². The summed E-state index contributed by atoms with van der Waals surface area (Å²) in [5, 5.41) is 12.4. The molecule has 0 heterocycles. The number of aliphatic hydroxyl groups is 1. The molecular formula is C13H18BrNO3. The van der Waals surface area contributed by atoms with Crippen LogP contribution < -0.4 is 5.32 Å². The Hall–Kier alpha value is -0.910. The number of hydrogen-bond donors (Lipinski definition) is 2. The molecule has 0 unspecified atom stereocenters. The zero-order valence-corrected chi connectivity index (χ0v) is 12.4. The Labute approximate surface area is 115 Å². The number of rotatable bonds is 5. The van der Waals surface area contributed by atoms with Crippen molar-refractivity contribution in [2.45, 2.75) is 25.9 Å². The molecule has 0 aliphatic carbocycles. The summed E-state index contributed by atoms with van der Waals surface area (Å²) in [6.07, 6.45) is 0. The van der Waals surface area contributed by atoms with Gasteiger partial charge >= 0.3 is 5.97 Å². The van der Waals surface area contributed by atoms with E-state index in [-0.39, 0.29) is 18.1 Å². The molecule has 1 aromatic rings. The van der Waals surface area contributed by atoms with Gasteiger partial charge < -0.3 is 15.2 Å². The van der Waals surface area contributed by atoms with Crippen molar-refractivity contribution in [3.8, 4) is 0 Å². The van der Waals surface area contributed by atoms with Crippen LogP contribution in [-0.4, -0.2) is 30.3 Å². The van der Waals surface area contributed by atoms with Crippen molar-refractivity contribution in [1.29, 1.82) is 0 Å². The lowest BCUT2D eigenvalue weighted by Crippen LogP contribution is -2.42. The Morgan fingerprint density at radius 1 is 1.50 bits per heavy atom. The SMILES string of the molecule is COC(=O)c1ccc(CNC(C)(C)CO)c(Br)c1. The van der Waals surface area contributed by atoms with Crippen LogP contribution in [0.3, 0.4) is 0 Å². The van der Waals surface area contributed by atoms with E-state index in [9.17, 15) is 4.79 Å². The average molecular weight is 316 g/mol. The number of carbonyl (C=O) groups is 1. The molecule has 0 bridgehead atoms. The summed E-state index contributed by atoms with van der Waals surface area (Å²) in [5.41, 5.74) is 1.19. The fourth-order valence-corrected chi connectivity index (χ4v) is 1.84. The Balaban J connectivity index is 2.77. The molecule has 0 amide bonds. The van der Waals surface area contributed by atoms with Gasteiger partial charge in [-0.15, -0.1) is 0 Å². The summed E-state index contributed by atoms with van der Waals surface area (Å²) in [4.78, 5) is 11.3. The molecular weight excluding hydrogens is 298 g/mol. The molecule has 1 aromatic carbocycles. The van der Waals surface area contributed by atoms with Crippen LogP contribution in [0.2, 0.25) is 0 Å². The van der Waals surface area contributed by atoms with E-state index in [0.29, 0.717) is 12.1 Å². The molecule has 0 aromatic heterocycles. The lowest BCUT2D eigenvalue weighted by Gasteiger charge is -2.24. The van der Waals surface area contributed by atoms with E-state index in [4.69, 9.17) is 5.11 Å². The van der Waals surface area contributed by atoms with Crippen molar-refractivity contribution in [2.24, 2.45) is 0 Å². The van der Waals surface area contributed by atoms with Gasteiger partial charge in [-0.1, -0.05) is 22.0 Å². The van der Waals surface area contributed by atoms with Gasteiger partial charge in [-0.3, -0.25) is 0 Å². The molecule has 4 nitrogen and oxygen atoms in total. The number of hydrogen-bond acceptors (Lipinski definition) is 4. The first-order chi connectivity index (χ1) is 8.39. The summed E-state index contributed by atoms with van der Waals surface area (Å²) in [6.45, 7) is 4.51. The topological polar surface area (TPSA) is 58.6 Å². The van der Waals surface area contributed by atoms with Crippen LogP contribution in [0.15, 0.2) is 22.7 Å². The number of aliphatic hydroxyl groups excluding tert-OH is 1.